The van der Waals surface area contributed by atoms with Crippen LogP contribution in [0.25, 0.3) is 0 Å². The average molecular weight is 319 g/mol. The van der Waals surface area contributed by atoms with Gasteiger partial charge in [0, 0.05) is 6.42 Å². The maximum atomic E-state index is 13.3. The Kier molecular flexibility index (Phi) is 4.45. The van der Waals surface area contributed by atoms with Crippen molar-refractivity contribution in [3.8, 4) is 17.4 Å². The molecule has 0 bridgehead atoms. The third-order valence-electron chi connectivity index (χ3n) is 3.52. The Hall–Kier alpha value is -2.57. The van der Waals surface area contributed by atoms with Gasteiger partial charge < -0.3 is 19.5 Å². The molecule has 122 valence electrons. The van der Waals surface area contributed by atoms with Gasteiger partial charge in [-0.1, -0.05) is 6.07 Å². The highest BCUT2D eigenvalue weighted by Gasteiger charge is 2.15. The van der Waals surface area contributed by atoms with Crippen molar-refractivity contribution in [2.75, 3.05) is 25.6 Å². The number of halogens is 1. The zero-order chi connectivity index (χ0) is 16.2. The first-order valence-electron chi connectivity index (χ1n) is 7.40. The van der Waals surface area contributed by atoms with E-state index in [0.717, 1.165) is 29.7 Å². The lowest BCUT2D eigenvalue weighted by molar-refractivity contribution is 0.297. The lowest BCUT2D eigenvalue weighted by atomic mass is 10.1. The summed E-state index contributed by atoms with van der Waals surface area (Å²) in [6, 6.07) is 5.67. The smallest absolute Gasteiger partial charge is 0.255 e. The number of nitrogens with zero attached hydrogens (tertiary/aromatic N) is 2. The second kappa shape index (κ2) is 6.68. The van der Waals surface area contributed by atoms with Crippen LogP contribution in [0.2, 0.25) is 0 Å². The standard InChI is InChI=1S/C16H18FN3O3/c1-10(19-16-18-9-12(17)15(20-16)21-2)11-4-5-13-14(8-11)23-7-3-6-22-13/h4-5,8-10H,3,6-7H2,1-2H3,(H,18,19,20). The van der Waals surface area contributed by atoms with Crippen molar-refractivity contribution in [3.63, 3.8) is 0 Å². The van der Waals surface area contributed by atoms with Crippen molar-refractivity contribution in [2.45, 2.75) is 19.4 Å². The lowest BCUT2D eigenvalue weighted by Crippen LogP contribution is -2.10. The summed E-state index contributed by atoms with van der Waals surface area (Å²) in [5, 5.41) is 3.12. The number of anilines is 1. The van der Waals surface area contributed by atoms with Crippen molar-refractivity contribution in [3.05, 3.63) is 35.8 Å². The van der Waals surface area contributed by atoms with Crippen molar-refractivity contribution >= 4 is 5.95 Å². The number of aromatic nitrogens is 2. The molecule has 7 heteroatoms. The van der Waals surface area contributed by atoms with Gasteiger partial charge in [0.1, 0.15) is 0 Å². The molecule has 23 heavy (non-hydrogen) atoms. The number of rotatable bonds is 4. The van der Waals surface area contributed by atoms with E-state index in [1.54, 1.807) is 0 Å². The Bertz CT molecular complexity index is 696. The molecule has 2 heterocycles. The minimum absolute atomic E-state index is 0.0895. The van der Waals surface area contributed by atoms with Crippen molar-refractivity contribution in [1.29, 1.82) is 0 Å². The van der Waals surface area contributed by atoms with Crippen molar-refractivity contribution in [2.24, 2.45) is 0 Å². The summed E-state index contributed by atoms with van der Waals surface area (Å²) in [6.07, 6.45) is 1.94. The fourth-order valence-corrected chi connectivity index (χ4v) is 2.29. The Morgan fingerprint density at radius 3 is 2.83 bits per heavy atom. The van der Waals surface area contributed by atoms with Gasteiger partial charge >= 0.3 is 0 Å². The van der Waals surface area contributed by atoms with Gasteiger partial charge in [0.25, 0.3) is 5.88 Å². The summed E-state index contributed by atoms with van der Waals surface area (Å²) in [7, 11) is 1.36. The summed E-state index contributed by atoms with van der Waals surface area (Å²) in [5.74, 6) is 1.09. The zero-order valence-corrected chi connectivity index (χ0v) is 13.0. The molecule has 1 N–H and O–H groups in total. The first kappa shape index (κ1) is 15.3. The van der Waals surface area contributed by atoms with Crippen LogP contribution in [0.1, 0.15) is 24.9 Å². The Balaban J connectivity index is 1.78. The van der Waals surface area contributed by atoms with Crippen LogP contribution < -0.4 is 19.5 Å². The predicted molar refractivity (Wildman–Crippen MR) is 82.6 cm³/mol. The maximum Gasteiger partial charge on any atom is 0.255 e. The van der Waals surface area contributed by atoms with Gasteiger partial charge in [0.2, 0.25) is 11.8 Å². The van der Waals surface area contributed by atoms with Gasteiger partial charge in [0.15, 0.2) is 11.5 Å². The van der Waals surface area contributed by atoms with E-state index in [4.69, 9.17) is 14.2 Å². The van der Waals surface area contributed by atoms with E-state index in [0.29, 0.717) is 19.2 Å². The SMILES string of the molecule is COc1nc(NC(C)c2ccc3c(c2)OCCCO3)ncc1F. The summed E-state index contributed by atoms with van der Waals surface area (Å²) in [6.45, 7) is 3.25. The third-order valence-corrected chi connectivity index (χ3v) is 3.52. The van der Waals surface area contributed by atoms with Crippen LogP contribution in [0.4, 0.5) is 10.3 Å². The number of hydrogen-bond acceptors (Lipinski definition) is 6. The fourth-order valence-electron chi connectivity index (χ4n) is 2.29. The molecule has 1 aliphatic rings. The Labute approximate surface area is 133 Å². The monoisotopic (exact) mass is 319 g/mol. The van der Waals surface area contributed by atoms with Crippen LogP contribution in [0, 0.1) is 5.82 Å². The quantitative estimate of drug-likeness (QED) is 0.934. The summed E-state index contributed by atoms with van der Waals surface area (Å²) < 4.78 is 29.5. The van der Waals surface area contributed by atoms with Crippen LogP contribution in [-0.2, 0) is 0 Å². The van der Waals surface area contributed by atoms with E-state index in [9.17, 15) is 4.39 Å². The summed E-state index contributed by atoms with van der Waals surface area (Å²) >= 11 is 0. The van der Waals surface area contributed by atoms with Gasteiger partial charge in [-0.25, -0.2) is 4.98 Å². The molecule has 3 rings (SSSR count). The molecule has 0 radical (unpaired) electrons. The molecule has 1 aromatic heterocycles. The third kappa shape index (κ3) is 3.44. The highest BCUT2D eigenvalue weighted by Crippen LogP contribution is 2.33. The normalized spacial score (nSPS) is 14.7. The lowest BCUT2D eigenvalue weighted by Gasteiger charge is -2.16. The average Bonchev–Trinajstić information content (AvgIpc) is 2.81. The number of fused-ring (bicyclic) bond motifs is 1. The molecule has 0 amide bonds. The van der Waals surface area contributed by atoms with Crippen LogP contribution in [-0.4, -0.2) is 30.3 Å². The van der Waals surface area contributed by atoms with Gasteiger partial charge in [-0.05, 0) is 24.6 Å². The van der Waals surface area contributed by atoms with E-state index in [1.165, 1.54) is 7.11 Å². The fraction of sp³-hybridized carbons (Fsp3) is 0.375. The first-order chi connectivity index (χ1) is 11.2. The molecule has 0 fully saturated rings. The van der Waals surface area contributed by atoms with E-state index in [-0.39, 0.29) is 11.9 Å². The number of ether oxygens (including phenoxy) is 3. The molecule has 0 aliphatic carbocycles. The van der Waals surface area contributed by atoms with E-state index >= 15 is 0 Å². The molecular formula is C16H18FN3O3. The largest absolute Gasteiger partial charge is 0.490 e. The van der Waals surface area contributed by atoms with Gasteiger partial charge in [-0.15, -0.1) is 0 Å². The molecule has 2 aromatic rings. The van der Waals surface area contributed by atoms with Crippen molar-refractivity contribution < 1.29 is 18.6 Å². The minimum Gasteiger partial charge on any atom is -0.490 e. The second-order valence-electron chi connectivity index (χ2n) is 5.17. The molecular weight excluding hydrogens is 301 g/mol. The van der Waals surface area contributed by atoms with Gasteiger partial charge in [0.05, 0.1) is 32.6 Å². The molecule has 1 unspecified atom stereocenters. The second-order valence-corrected chi connectivity index (χ2v) is 5.17. The highest BCUT2D eigenvalue weighted by atomic mass is 19.1. The number of nitrogens with one attached hydrogen (secondary N) is 1. The minimum atomic E-state index is -0.596. The highest BCUT2D eigenvalue weighted by molar-refractivity contribution is 5.45. The molecule has 1 atom stereocenters. The van der Waals surface area contributed by atoms with Crippen LogP contribution in [0.3, 0.4) is 0 Å². The van der Waals surface area contributed by atoms with Crippen LogP contribution in [0.15, 0.2) is 24.4 Å². The molecule has 1 aliphatic heterocycles. The Morgan fingerprint density at radius 1 is 1.26 bits per heavy atom. The van der Waals surface area contributed by atoms with Crippen LogP contribution >= 0.6 is 0 Å². The molecule has 1 aromatic carbocycles. The van der Waals surface area contributed by atoms with E-state index in [1.807, 2.05) is 25.1 Å². The molecule has 0 spiro atoms. The number of benzene rings is 1. The molecule has 0 saturated carbocycles. The number of hydrogen-bond donors (Lipinski definition) is 1. The summed E-state index contributed by atoms with van der Waals surface area (Å²) in [4.78, 5) is 7.91. The van der Waals surface area contributed by atoms with Gasteiger partial charge in [-0.3, -0.25) is 0 Å². The first-order valence-corrected chi connectivity index (χ1v) is 7.40. The Morgan fingerprint density at radius 2 is 2.04 bits per heavy atom. The predicted octanol–water partition coefficient (Wildman–Crippen LogP) is 2.96. The molecule has 0 saturated heterocycles. The number of methoxy groups -OCH3 is 1. The topological polar surface area (TPSA) is 65.5 Å². The van der Waals surface area contributed by atoms with Crippen molar-refractivity contribution in [1.82, 2.24) is 9.97 Å². The van der Waals surface area contributed by atoms with Gasteiger partial charge in [-0.2, -0.15) is 9.37 Å². The summed E-state index contributed by atoms with van der Waals surface area (Å²) in [5.41, 5.74) is 0.987. The maximum absolute atomic E-state index is 13.3. The van der Waals surface area contributed by atoms with E-state index < -0.39 is 5.82 Å². The zero-order valence-electron chi connectivity index (χ0n) is 13.0. The van der Waals surface area contributed by atoms with E-state index in [2.05, 4.69) is 15.3 Å². The van der Waals surface area contributed by atoms with Crippen LogP contribution in [0.5, 0.6) is 17.4 Å². The molecule has 6 nitrogen and oxygen atoms in total.